The lowest BCUT2D eigenvalue weighted by Crippen LogP contribution is -2.26. The molecule has 0 spiro atoms. The summed E-state index contributed by atoms with van der Waals surface area (Å²) >= 11 is 0. The zero-order chi connectivity index (χ0) is 13.8. The molecule has 17 heavy (non-hydrogen) atoms. The largest absolute Gasteiger partial charge is 0.462 e. The highest BCUT2D eigenvalue weighted by Gasteiger charge is 2.11. The van der Waals surface area contributed by atoms with Crippen LogP contribution in [-0.2, 0) is 19.1 Å². The van der Waals surface area contributed by atoms with Gasteiger partial charge in [0, 0.05) is 13.8 Å². The number of hydrogen-bond donors (Lipinski definition) is 3. The number of rotatable bonds is 5. The van der Waals surface area contributed by atoms with Crippen LogP contribution in [0.1, 0.15) is 20.8 Å². The van der Waals surface area contributed by atoms with Crippen molar-refractivity contribution in [3.63, 3.8) is 0 Å². The minimum absolute atomic E-state index is 0.106. The van der Waals surface area contributed by atoms with Crippen LogP contribution in [0.25, 0.3) is 0 Å². The molecule has 0 aliphatic heterocycles. The van der Waals surface area contributed by atoms with Gasteiger partial charge in [0.25, 0.3) is 0 Å². The van der Waals surface area contributed by atoms with Crippen molar-refractivity contribution >= 4 is 11.9 Å². The van der Waals surface area contributed by atoms with Gasteiger partial charge in [-0.25, -0.2) is 0 Å². The van der Waals surface area contributed by atoms with Gasteiger partial charge in [-0.3, -0.25) is 9.59 Å². The van der Waals surface area contributed by atoms with E-state index in [2.05, 4.69) is 9.47 Å². The fourth-order valence-corrected chi connectivity index (χ4v) is 0.569. The molecule has 7 nitrogen and oxygen atoms in total. The normalized spacial score (nSPS) is 12.8. The van der Waals surface area contributed by atoms with Crippen LogP contribution in [0.5, 0.6) is 0 Å². The van der Waals surface area contributed by atoms with E-state index in [1.807, 2.05) is 0 Å². The van der Waals surface area contributed by atoms with Crippen LogP contribution in [-0.4, -0.2) is 59.3 Å². The van der Waals surface area contributed by atoms with Crippen LogP contribution in [0.3, 0.4) is 0 Å². The van der Waals surface area contributed by atoms with Gasteiger partial charge in [-0.15, -0.1) is 0 Å². The summed E-state index contributed by atoms with van der Waals surface area (Å²) < 4.78 is 9.10. The third-order valence-corrected chi connectivity index (χ3v) is 1.27. The lowest BCUT2D eigenvalue weighted by Gasteiger charge is -2.13. The molecule has 0 amide bonds. The molecule has 0 aromatic heterocycles. The molecule has 0 radical (unpaired) electrons. The van der Waals surface area contributed by atoms with Crippen LogP contribution in [0.2, 0.25) is 0 Å². The topological polar surface area (TPSA) is 113 Å². The van der Waals surface area contributed by atoms with Crippen molar-refractivity contribution in [1.29, 1.82) is 0 Å². The third kappa shape index (κ3) is 17.4. The molecule has 0 fully saturated rings. The van der Waals surface area contributed by atoms with Crippen molar-refractivity contribution in [3.8, 4) is 0 Å². The Bertz CT molecular complexity index is 215. The number of esters is 2. The lowest BCUT2D eigenvalue weighted by atomic mass is 10.4. The fraction of sp³-hybridized carbons (Fsp3) is 0.800. The second-order valence-electron chi connectivity index (χ2n) is 3.25. The van der Waals surface area contributed by atoms with Crippen LogP contribution in [0, 0.1) is 0 Å². The molecule has 0 bridgehead atoms. The van der Waals surface area contributed by atoms with Crippen LogP contribution in [0.15, 0.2) is 0 Å². The molecule has 3 N–H and O–H groups in total. The molecule has 0 aromatic carbocycles. The molecule has 0 aromatic rings. The van der Waals surface area contributed by atoms with E-state index in [-0.39, 0.29) is 19.8 Å². The molecule has 2 atom stereocenters. The average molecular weight is 252 g/mol. The molecule has 0 aliphatic carbocycles. The Kier molecular flexibility index (Phi) is 12.1. The van der Waals surface area contributed by atoms with Crippen LogP contribution >= 0.6 is 0 Å². The summed E-state index contributed by atoms with van der Waals surface area (Å²) in [7, 11) is 0. The highest BCUT2D eigenvalue weighted by molar-refractivity contribution is 5.67. The van der Waals surface area contributed by atoms with E-state index in [0.717, 1.165) is 0 Å². The quantitative estimate of drug-likeness (QED) is 0.528. The smallest absolute Gasteiger partial charge is 0.303 e. The molecule has 2 unspecified atom stereocenters. The van der Waals surface area contributed by atoms with Gasteiger partial charge in [-0.05, 0) is 6.92 Å². The first-order chi connectivity index (χ1) is 7.83. The lowest BCUT2D eigenvalue weighted by molar-refractivity contribution is -0.158. The second-order valence-corrected chi connectivity index (χ2v) is 3.25. The Hall–Kier alpha value is -1.18. The molecule has 0 saturated heterocycles. The molecule has 7 heteroatoms. The van der Waals surface area contributed by atoms with Gasteiger partial charge in [-0.2, -0.15) is 0 Å². The van der Waals surface area contributed by atoms with Crippen molar-refractivity contribution in [1.82, 2.24) is 0 Å². The molecule has 0 heterocycles. The average Bonchev–Trinajstić information content (AvgIpc) is 2.24. The number of carbonyl (C=O) groups excluding carboxylic acids is 2. The highest BCUT2D eigenvalue weighted by atomic mass is 16.6. The van der Waals surface area contributed by atoms with Gasteiger partial charge in [-0.1, -0.05) is 0 Å². The van der Waals surface area contributed by atoms with E-state index >= 15 is 0 Å². The molecular formula is C10H20O7. The van der Waals surface area contributed by atoms with E-state index in [9.17, 15) is 9.59 Å². The molecule has 102 valence electrons. The SMILES string of the molecule is CC(=O)OCC(CO)OC(C)=O.CC(O)CO. The highest BCUT2D eigenvalue weighted by Crippen LogP contribution is 1.93. The number of ether oxygens (including phenoxy) is 2. The van der Waals surface area contributed by atoms with Crippen molar-refractivity contribution < 1.29 is 34.4 Å². The molecular weight excluding hydrogens is 232 g/mol. The first-order valence-corrected chi connectivity index (χ1v) is 5.03. The van der Waals surface area contributed by atoms with E-state index in [1.54, 1.807) is 0 Å². The standard InChI is InChI=1S/C7H12O5.C3H8O2/c1-5(9)11-4-7(3-8)12-6(2)10;1-3(5)2-4/h7-8H,3-4H2,1-2H3;3-5H,2H2,1H3. The Balaban J connectivity index is 0. The van der Waals surface area contributed by atoms with Gasteiger partial charge < -0.3 is 24.8 Å². The Morgan fingerprint density at radius 2 is 1.59 bits per heavy atom. The number of aliphatic hydroxyl groups is 3. The summed E-state index contributed by atoms with van der Waals surface area (Å²) in [5.74, 6) is -0.984. The van der Waals surface area contributed by atoms with Crippen molar-refractivity contribution in [2.75, 3.05) is 19.8 Å². The van der Waals surface area contributed by atoms with Crippen molar-refractivity contribution in [2.45, 2.75) is 33.0 Å². The number of aliphatic hydroxyl groups excluding tert-OH is 3. The predicted octanol–water partition coefficient (Wildman–Crippen LogP) is -1.17. The van der Waals surface area contributed by atoms with Gasteiger partial charge in [0.2, 0.25) is 0 Å². The third-order valence-electron chi connectivity index (χ3n) is 1.27. The van der Waals surface area contributed by atoms with Gasteiger partial charge in [0.1, 0.15) is 6.61 Å². The summed E-state index contributed by atoms with van der Waals surface area (Å²) in [4.78, 5) is 20.7. The molecule has 0 rings (SSSR count). The van der Waals surface area contributed by atoms with E-state index in [1.165, 1.54) is 20.8 Å². The molecule has 0 aliphatic rings. The van der Waals surface area contributed by atoms with Gasteiger partial charge in [0.05, 0.1) is 19.3 Å². The zero-order valence-electron chi connectivity index (χ0n) is 10.3. The maximum absolute atomic E-state index is 10.4. The Morgan fingerprint density at radius 3 is 1.82 bits per heavy atom. The van der Waals surface area contributed by atoms with Crippen molar-refractivity contribution in [3.05, 3.63) is 0 Å². The monoisotopic (exact) mass is 252 g/mol. The maximum Gasteiger partial charge on any atom is 0.303 e. The van der Waals surface area contributed by atoms with Crippen molar-refractivity contribution in [2.24, 2.45) is 0 Å². The molecule has 0 saturated carbocycles. The first-order valence-electron chi connectivity index (χ1n) is 5.03. The minimum atomic E-state index is -0.758. The summed E-state index contributed by atoms with van der Waals surface area (Å²) in [6, 6.07) is 0. The first kappa shape index (κ1) is 18.2. The summed E-state index contributed by atoms with van der Waals surface area (Å²) in [6.45, 7) is 3.39. The Labute approximate surface area is 100.0 Å². The predicted molar refractivity (Wildman–Crippen MR) is 58.0 cm³/mol. The zero-order valence-corrected chi connectivity index (χ0v) is 10.3. The van der Waals surface area contributed by atoms with Gasteiger partial charge >= 0.3 is 11.9 Å². The minimum Gasteiger partial charge on any atom is -0.462 e. The summed E-state index contributed by atoms with van der Waals surface area (Å²) in [5, 5.41) is 24.6. The maximum atomic E-state index is 10.4. The fourth-order valence-electron chi connectivity index (χ4n) is 0.569. The van der Waals surface area contributed by atoms with Crippen LogP contribution < -0.4 is 0 Å². The van der Waals surface area contributed by atoms with E-state index in [0.29, 0.717) is 0 Å². The second kappa shape index (κ2) is 11.3. The van der Waals surface area contributed by atoms with Gasteiger partial charge in [0.15, 0.2) is 6.10 Å². The number of hydrogen-bond acceptors (Lipinski definition) is 7. The van der Waals surface area contributed by atoms with Crippen LogP contribution in [0.4, 0.5) is 0 Å². The summed E-state index contributed by atoms with van der Waals surface area (Å²) in [6.07, 6.45) is -1.32. The van der Waals surface area contributed by atoms with E-state index in [4.69, 9.17) is 15.3 Å². The van der Waals surface area contributed by atoms with E-state index < -0.39 is 24.1 Å². The number of carbonyl (C=O) groups is 2. The Morgan fingerprint density at radius 1 is 1.12 bits per heavy atom. The summed E-state index contributed by atoms with van der Waals surface area (Å²) in [5.41, 5.74) is 0.